The van der Waals surface area contributed by atoms with E-state index < -0.39 is 0 Å². The fourth-order valence-corrected chi connectivity index (χ4v) is 3.67. The van der Waals surface area contributed by atoms with E-state index in [1.165, 1.54) is 24.1 Å². The third-order valence-corrected chi connectivity index (χ3v) is 4.65. The molecule has 4 heteroatoms. The van der Waals surface area contributed by atoms with Crippen molar-refractivity contribution in [3.05, 3.63) is 17.5 Å². The highest BCUT2D eigenvalue weighted by Gasteiger charge is 2.37. The second-order valence-corrected chi connectivity index (χ2v) is 7.77. The second kappa shape index (κ2) is 6.09. The fraction of sp³-hybridized carbons (Fsp3) is 0.824. The van der Waals surface area contributed by atoms with E-state index in [1.54, 1.807) is 0 Å². The van der Waals surface area contributed by atoms with Crippen LogP contribution in [0.5, 0.6) is 0 Å². The van der Waals surface area contributed by atoms with Gasteiger partial charge in [-0.05, 0) is 45.7 Å². The van der Waals surface area contributed by atoms with Crippen molar-refractivity contribution < 1.29 is 0 Å². The van der Waals surface area contributed by atoms with Crippen LogP contribution in [0, 0.1) is 5.92 Å². The number of aromatic nitrogens is 2. The van der Waals surface area contributed by atoms with Crippen LogP contribution in [0.1, 0.15) is 64.8 Å². The van der Waals surface area contributed by atoms with Crippen LogP contribution in [0.25, 0.3) is 0 Å². The van der Waals surface area contributed by atoms with Gasteiger partial charge in [0.1, 0.15) is 0 Å². The van der Waals surface area contributed by atoms with Gasteiger partial charge in [-0.15, -0.1) is 0 Å². The van der Waals surface area contributed by atoms with E-state index in [0.717, 1.165) is 13.1 Å². The lowest BCUT2D eigenvalue weighted by Gasteiger charge is -2.44. The highest BCUT2D eigenvalue weighted by atomic mass is 15.3. The zero-order valence-corrected chi connectivity index (χ0v) is 14.6. The highest BCUT2D eigenvalue weighted by molar-refractivity contribution is 5.29. The quantitative estimate of drug-likeness (QED) is 0.932. The first kappa shape index (κ1) is 16.5. The smallest absolute Gasteiger partial charge is 0.0725 e. The number of hydrogen-bond acceptors (Lipinski definition) is 3. The average molecular weight is 292 g/mol. The zero-order chi connectivity index (χ0) is 15.8. The molecule has 1 aromatic rings. The number of nitrogens with two attached hydrogens (primary N) is 1. The molecule has 4 nitrogen and oxygen atoms in total. The number of likely N-dealkylation sites (tertiary alicyclic amines) is 1. The van der Waals surface area contributed by atoms with Gasteiger partial charge in [-0.25, -0.2) is 0 Å². The molecule has 1 aliphatic rings. The molecule has 21 heavy (non-hydrogen) atoms. The minimum Gasteiger partial charge on any atom is -0.330 e. The van der Waals surface area contributed by atoms with Crippen LogP contribution in [-0.2, 0) is 12.5 Å². The van der Waals surface area contributed by atoms with Crippen LogP contribution < -0.4 is 5.73 Å². The van der Waals surface area contributed by atoms with Crippen molar-refractivity contribution in [3.8, 4) is 0 Å². The van der Waals surface area contributed by atoms with Gasteiger partial charge in [0.2, 0.25) is 0 Å². The van der Waals surface area contributed by atoms with Crippen molar-refractivity contribution in [1.82, 2.24) is 14.7 Å². The molecule has 0 saturated carbocycles. The van der Waals surface area contributed by atoms with Crippen molar-refractivity contribution in [2.75, 3.05) is 13.1 Å². The topological polar surface area (TPSA) is 47.1 Å². The molecule has 1 saturated heterocycles. The molecule has 120 valence electrons. The Hall–Kier alpha value is -0.870. The summed E-state index contributed by atoms with van der Waals surface area (Å²) in [5.41, 5.74) is 8.78. The summed E-state index contributed by atoms with van der Waals surface area (Å²) in [6.45, 7) is 13.2. The van der Waals surface area contributed by atoms with E-state index in [0.29, 0.717) is 18.0 Å². The molecule has 2 unspecified atom stereocenters. The fourth-order valence-electron chi connectivity index (χ4n) is 3.67. The molecule has 0 radical (unpaired) electrons. The van der Waals surface area contributed by atoms with Crippen LogP contribution in [-0.4, -0.2) is 33.8 Å². The Balaban J connectivity index is 2.49. The number of piperidine rings is 1. The van der Waals surface area contributed by atoms with Crippen molar-refractivity contribution in [2.24, 2.45) is 18.7 Å². The molecule has 2 atom stereocenters. The van der Waals surface area contributed by atoms with E-state index in [4.69, 9.17) is 10.8 Å². The predicted octanol–water partition coefficient (Wildman–Crippen LogP) is 2.84. The summed E-state index contributed by atoms with van der Waals surface area (Å²) in [5.74, 6) is 0.534. The molecule has 0 bridgehead atoms. The number of rotatable bonds is 3. The summed E-state index contributed by atoms with van der Waals surface area (Å²) in [6, 6.07) is 0.948. The van der Waals surface area contributed by atoms with E-state index in [2.05, 4.69) is 45.7 Å². The first-order valence-corrected chi connectivity index (χ1v) is 8.25. The molecule has 0 aliphatic carbocycles. The lowest BCUT2D eigenvalue weighted by molar-refractivity contribution is 0.0654. The average Bonchev–Trinajstić information content (AvgIpc) is 2.79. The van der Waals surface area contributed by atoms with E-state index in [-0.39, 0.29) is 5.41 Å². The molecule has 1 aliphatic heterocycles. The highest BCUT2D eigenvalue weighted by Crippen LogP contribution is 2.40. The van der Waals surface area contributed by atoms with Crippen LogP contribution >= 0.6 is 0 Å². The van der Waals surface area contributed by atoms with E-state index in [9.17, 15) is 0 Å². The summed E-state index contributed by atoms with van der Waals surface area (Å²) in [4.78, 5) is 2.62. The monoisotopic (exact) mass is 292 g/mol. The molecule has 1 fully saturated rings. The summed E-state index contributed by atoms with van der Waals surface area (Å²) >= 11 is 0. The lowest BCUT2D eigenvalue weighted by atomic mass is 9.80. The number of hydrogen-bond donors (Lipinski definition) is 1. The van der Waals surface area contributed by atoms with Gasteiger partial charge in [0, 0.05) is 36.3 Å². The van der Waals surface area contributed by atoms with E-state index in [1.807, 2.05) is 11.7 Å². The molecular formula is C17H32N4. The number of aryl methyl sites for hydroxylation is 1. The Labute approximate surface area is 129 Å². The molecule has 2 heterocycles. The summed E-state index contributed by atoms with van der Waals surface area (Å²) in [6.07, 6.45) is 4.69. The van der Waals surface area contributed by atoms with Gasteiger partial charge in [0.25, 0.3) is 0 Å². The Morgan fingerprint density at radius 2 is 2.05 bits per heavy atom. The maximum Gasteiger partial charge on any atom is 0.0725 e. The SMILES string of the molecule is CC(C)N1CCCC(CN)C1c1cn(C)nc1C(C)(C)C. The van der Waals surface area contributed by atoms with Crippen molar-refractivity contribution in [2.45, 2.75) is 65.0 Å². The second-order valence-electron chi connectivity index (χ2n) is 7.77. The third kappa shape index (κ3) is 3.32. The Kier molecular flexibility index (Phi) is 4.79. The van der Waals surface area contributed by atoms with Crippen LogP contribution in [0.3, 0.4) is 0 Å². The van der Waals surface area contributed by atoms with Gasteiger partial charge in [0.05, 0.1) is 5.69 Å². The first-order valence-electron chi connectivity index (χ1n) is 8.25. The predicted molar refractivity (Wildman–Crippen MR) is 88.3 cm³/mol. The Morgan fingerprint density at radius 3 is 2.57 bits per heavy atom. The maximum absolute atomic E-state index is 6.11. The first-order chi connectivity index (χ1) is 9.75. The molecule has 2 N–H and O–H groups in total. The molecule has 2 rings (SSSR count). The lowest BCUT2D eigenvalue weighted by Crippen LogP contribution is -2.45. The van der Waals surface area contributed by atoms with Gasteiger partial charge in [0.15, 0.2) is 0 Å². The zero-order valence-electron chi connectivity index (χ0n) is 14.6. The van der Waals surface area contributed by atoms with Crippen LogP contribution in [0.15, 0.2) is 6.20 Å². The largest absolute Gasteiger partial charge is 0.330 e. The van der Waals surface area contributed by atoms with Crippen molar-refractivity contribution in [3.63, 3.8) is 0 Å². The Bertz CT molecular complexity index is 470. The van der Waals surface area contributed by atoms with Gasteiger partial charge < -0.3 is 5.73 Å². The summed E-state index contributed by atoms with van der Waals surface area (Å²) in [7, 11) is 2.03. The summed E-state index contributed by atoms with van der Waals surface area (Å²) < 4.78 is 1.97. The normalized spacial score (nSPS) is 24.8. The summed E-state index contributed by atoms with van der Waals surface area (Å²) in [5, 5.41) is 4.77. The van der Waals surface area contributed by atoms with Gasteiger partial charge >= 0.3 is 0 Å². The maximum atomic E-state index is 6.11. The third-order valence-electron chi connectivity index (χ3n) is 4.65. The molecule has 0 amide bonds. The molecular weight excluding hydrogens is 260 g/mol. The van der Waals surface area contributed by atoms with Crippen molar-refractivity contribution >= 4 is 0 Å². The number of nitrogens with zero attached hydrogens (tertiary/aromatic N) is 3. The van der Waals surface area contributed by atoms with Gasteiger partial charge in [-0.2, -0.15) is 5.10 Å². The van der Waals surface area contributed by atoms with Crippen molar-refractivity contribution in [1.29, 1.82) is 0 Å². The van der Waals surface area contributed by atoms with Gasteiger partial charge in [-0.3, -0.25) is 9.58 Å². The minimum atomic E-state index is 0.0653. The van der Waals surface area contributed by atoms with Gasteiger partial charge in [-0.1, -0.05) is 20.8 Å². The van der Waals surface area contributed by atoms with Crippen LogP contribution in [0.4, 0.5) is 0 Å². The standard InChI is InChI=1S/C17H32N4/c1-12(2)21-9-7-8-13(10-18)15(21)14-11-20(6)19-16(14)17(3,4)5/h11-13,15H,7-10,18H2,1-6H3. The van der Waals surface area contributed by atoms with Crippen LogP contribution in [0.2, 0.25) is 0 Å². The minimum absolute atomic E-state index is 0.0653. The molecule has 0 spiro atoms. The van der Waals surface area contributed by atoms with E-state index >= 15 is 0 Å². The molecule has 1 aromatic heterocycles. The molecule has 0 aromatic carbocycles. The Morgan fingerprint density at radius 1 is 1.38 bits per heavy atom.